The third-order valence-corrected chi connectivity index (χ3v) is 3.39. The molecule has 0 heterocycles. The lowest BCUT2D eigenvalue weighted by atomic mass is 10.0. The molecule has 1 aromatic carbocycles. The van der Waals surface area contributed by atoms with Gasteiger partial charge in [0.15, 0.2) is 0 Å². The highest BCUT2D eigenvalue weighted by molar-refractivity contribution is 5.14. The zero-order chi connectivity index (χ0) is 13.4. The third-order valence-electron chi connectivity index (χ3n) is 3.39. The molecule has 2 heteroatoms. The molecule has 102 valence electrons. The number of rotatable bonds is 8. The molecular weight excluding hydrogens is 222 g/mol. The van der Waals surface area contributed by atoms with E-state index in [4.69, 9.17) is 4.74 Å². The first-order valence-corrected chi connectivity index (χ1v) is 6.94. The van der Waals surface area contributed by atoms with E-state index in [2.05, 4.69) is 57.3 Å². The molecule has 0 saturated carbocycles. The fraction of sp³-hybridized carbons (Fsp3) is 0.625. The standard InChI is InChI=1S/C16H27NO/c1-5-16(3,4)17-13-14(2)18-12-11-15-9-7-6-8-10-15/h6-10,14,17H,5,11-13H2,1-4H3. The van der Waals surface area contributed by atoms with Crippen LogP contribution in [0.15, 0.2) is 30.3 Å². The van der Waals surface area contributed by atoms with Gasteiger partial charge in [-0.2, -0.15) is 0 Å². The predicted molar refractivity (Wildman–Crippen MR) is 77.9 cm³/mol. The minimum atomic E-state index is 0.205. The molecule has 0 aromatic heterocycles. The third kappa shape index (κ3) is 6.18. The van der Waals surface area contributed by atoms with E-state index in [9.17, 15) is 0 Å². The fourth-order valence-electron chi connectivity index (χ4n) is 1.63. The van der Waals surface area contributed by atoms with E-state index < -0.39 is 0 Å². The first-order valence-electron chi connectivity index (χ1n) is 6.94. The lowest BCUT2D eigenvalue weighted by Gasteiger charge is -2.26. The van der Waals surface area contributed by atoms with Gasteiger partial charge in [-0.05, 0) is 39.2 Å². The summed E-state index contributed by atoms with van der Waals surface area (Å²) in [4.78, 5) is 0. The smallest absolute Gasteiger partial charge is 0.0671 e. The Kier molecular flexibility index (Phi) is 6.37. The van der Waals surface area contributed by atoms with Crippen LogP contribution in [0.4, 0.5) is 0 Å². The van der Waals surface area contributed by atoms with Crippen molar-refractivity contribution in [3.63, 3.8) is 0 Å². The number of ether oxygens (including phenoxy) is 1. The average molecular weight is 249 g/mol. The summed E-state index contributed by atoms with van der Waals surface area (Å²) in [5.74, 6) is 0. The predicted octanol–water partition coefficient (Wildman–Crippen LogP) is 3.41. The van der Waals surface area contributed by atoms with Gasteiger partial charge in [0, 0.05) is 12.1 Å². The zero-order valence-electron chi connectivity index (χ0n) is 12.2. The molecule has 0 amide bonds. The number of hydrogen-bond donors (Lipinski definition) is 1. The second-order valence-electron chi connectivity index (χ2n) is 5.54. The first kappa shape index (κ1) is 15.2. The van der Waals surface area contributed by atoms with Crippen LogP contribution in [0.25, 0.3) is 0 Å². The van der Waals surface area contributed by atoms with Gasteiger partial charge in [0.05, 0.1) is 12.7 Å². The minimum Gasteiger partial charge on any atom is -0.377 e. The van der Waals surface area contributed by atoms with Crippen LogP contribution in [0.1, 0.15) is 39.7 Å². The topological polar surface area (TPSA) is 21.3 Å². The molecule has 1 N–H and O–H groups in total. The molecule has 0 fully saturated rings. The van der Waals surface area contributed by atoms with Gasteiger partial charge in [-0.3, -0.25) is 0 Å². The van der Waals surface area contributed by atoms with Crippen LogP contribution in [0.2, 0.25) is 0 Å². The summed E-state index contributed by atoms with van der Waals surface area (Å²) < 4.78 is 5.82. The summed E-state index contributed by atoms with van der Waals surface area (Å²) in [5.41, 5.74) is 1.54. The Morgan fingerprint density at radius 1 is 1.22 bits per heavy atom. The largest absolute Gasteiger partial charge is 0.377 e. The molecule has 18 heavy (non-hydrogen) atoms. The highest BCUT2D eigenvalue weighted by Crippen LogP contribution is 2.07. The first-order chi connectivity index (χ1) is 8.53. The highest BCUT2D eigenvalue weighted by Gasteiger charge is 2.14. The summed E-state index contributed by atoms with van der Waals surface area (Å²) in [6.45, 7) is 10.5. The summed E-state index contributed by atoms with van der Waals surface area (Å²) >= 11 is 0. The molecule has 0 aliphatic heterocycles. The molecule has 1 atom stereocenters. The molecule has 0 bridgehead atoms. The van der Waals surface area contributed by atoms with Gasteiger partial charge in [0.25, 0.3) is 0 Å². The van der Waals surface area contributed by atoms with Crippen LogP contribution in [0.3, 0.4) is 0 Å². The van der Waals surface area contributed by atoms with Gasteiger partial charge in [-0.25, -0.2) is 0 Å². The summed E-state index contributed by atoms with van der Waals surface area (Å²) in [6, 6.07) is 10.5. The summed E-state index contributed by atoms with van der Waals surface area (Å²) in [6.07, 6.45) is 2.38. The minimum absolute atomic E-state index is 0.205. The van der Waals surface area contributed by atoms with E-state index in [0.717, 1.165) is 26.0 Å². The van der Waals surface area contributed by atoms with Gasteiger partial charge >= 0.3 is 0 Å². The van der Waals surface area contributed by atoms with Gasteiger partial charge in [-0.1, -0.05) is 37.3 Å². The molecule has 0 spiro atoms. The van der Waals surface area contributed by atoms with Crippen LogP contribution in [-0.2, 0) is 11.2 Å². The van der Waals surface area contributed by atoms with Crippen molar-refractivity contribution in [3.05, 3.63) is 35.9 Å². The van der Waals surface area contributed by atoms with Crippen molar-refractivity contribution in [2.45, 2.75) is 52.2 Å². The van der Waals surface area contributed by atoms with Crippen LogP contribution in [0.5, 0.6) is 0 Å². The Bertz CT molecular complexity index is 321. The Morgan fingerprint density at radius 3 is 2.50 bits per heavy atom. The molecule has 2 nitrogen and oxygen atoms in total. The fourth-order valence-corrected chi connectivity index (χ4v) is 1.63. The SMILES string of the molecule is CCC(C)(C)NCC(C)OCCc1ccccc1. The van der Waals surface area contributed by atoms with Crippen molar-refractivity contribution in [3.8, 4) is 0 Å². The number of nitrogens with one attached hydrogen (secondary N) is 1. The van der Waals surface area contributed by atoms with Crippen molar-refractivity contribution < 1.29 is 4.74 Å². The van der Waals surface area contributed by atoms with Crippen molar-refractivity contribution in [1.82, 2.24) is 5.32 Å². The monoisotopic (exact) mass is 249 g/mol. The van der Waals surface area contributed by atoms with E-state index in [1.54, 1.807) is 0 Å². The lowest BCUT2D eigenvalue weighted by molar-refractivity contribution is 0.0627. The molecule has 0 radical (unpaired) electrons. The van der Waals surface area contributed by atoms with Gasteiger partial charge in [0.2, 0.25) is 0 Å². The normalized spacial score (nSPS) is 13.6. The maximum Gasteiger partial charge on any atom is 0.0671 e. The Balaban J connectivity index is 2.16. The quantitative estimate of drug-likeness (QED) is 0.762. The maximum atomic E-state index is 5.82. The van der Waals surface area contributed by atoms with E-state index in [1.165, 1.54) is 5.56 Å². The Morgan fingerprint density at radius 2 is 1.89 bits per heavy atom. The van der Waals surface area contributed by atoms with Crippen LogP contribution < -0.4 is 5.32 Å². The second kappa shape index (κ2) is 7.55. The Labute approximate surface area is 112 Å². The van der Waals surface area contributed by atoms with E-state index in [0.29, 0.717) is 0 Å². The molecule has 0 saturated heterocycles. The lowest BCUT2D eigenvalue weighted by Crippen LogP contribution is -2.42. The maximum absolute atomic E-state index is 5.82. The molecule has 1 rings (SSSR count). The van der Waals surface area contributed by atoms with Gasteiger partial charge < -0.3 is 10.1 Å². The highest BCUT2D eigenvalue weighted by atomic mass is 16.5. The van der Waals surface area contributed by atoms with E-state index in [1.807, 2.05) is 6.07 Å². The zero-order valence-corrected chi connectivity index (χ0v) is 12.2. The molecular formula is C16H27NO. The average Bonchev–Trinajstić information content (AvgIpc) is 2.38. The second-order valence-corrected chi connectivity index (χ2v) is 5.54. The summed E-state index contributed by atoms with van der Waals surface area (Å²) in [7, 11) is 0. The van der Waals surface area contributed by atoms with Crippen molar-refractivity contribution in [2.75, 3.05) is 13.2 Å². The van der Waals surface area contributed by atoms with Crippen LogP contribution in [-0.4, -0.2) is 24.8 Å². The number of hydrogen-bond acceptors (Lipinski definition) is 2. The Hall–Kier alpha value is -0.860. The molecule has 0 aliphatic carbocycles. The summed E-state index contributed by atoms with van der Waals surface area (Å²) in [5, 5.41) is 3.53. The van der Waals surface area contributed by atoms with E-state index >= 15 is 0 Å². The molecule has 1 unspecified atom stereocenters. The van der Waals surface area contributed by atoms with Gasteiger partial charge in [-0.15, -0.1) is 0 Å². The van der Waals surface area contributed by atoms with Crippen LogP contribution >= 0.6 is 0 Å². The molecule has 1 aromatic rings. The van der Waals surface area contributed by atoms with Crippen LogP contribution in [0, 0.1) is 0 Å². The van der Waals surface area contributed by atoms with E-state index in [-0.39, 0.29) is 11.6 Å². The van der Waals surface area contributed by atoms with Gasteiger partial charge in [0.1, 0.15) is 0 Å². The van der Waals surface area contributed by atoms with Crippen molar-refractivity contribution in [1.29, 1.82) is 0 Å². The van der Waals surface area contributed by atoms with Crippen molar-refractivity contribution in [2.24, 2.45) is 0 Å². The van der Waals surface area contributed by atoms with Crippen molar-refractivity contribution >= 4 is 0 Å². The number of benzene rings is 1. The molecule has 0 aliphatic rings.